The van der Waals surface area contributed by atoms with Crippen LogP contribution in [0.2, 0.25) is 0 Å². The Hall–Kier alpha value is -2.04. The van der Waals surface area contributed by atoms with Gasteiger partial charge in [0.05, 0.1) is 12.8 Å². The lowest BCUT2D eigenvalue weighted by Gasteiger charge is -2.18. The number of benzene rings is 1. The highest BCUT2D eigenvalue weighted by molar-refractivity contribution is 6.02. The Labute approximate surface area is 118 Å². The molecule has 1 aliphatic rings. The average Bonchev–Trinajstić information content (AvgIpc) is 2.47. The number of aryl methyl sites for hydroxylation is 1. The van der Waals surface area contributed by atoms with Crippen molar-refractivity contribution in [2.75, 3.05) is 20.3 Å². The number of nitrogens with one attached hydrogen (secondary N) is 1. The molecule has 108 valence electrons. The van der Waals surface area contributed by atoms with E-state index in [2.05, 4.69) is 10.5 Å². The maximum atomic E-state index is 11.3. The molecule has 0 fully saturated rings. The van der Waals surface area contributed by atoms with Crippen LogP contribution in [0, 0.1) is 0 Å². The molecule has 5 heteroatoms. The van der Waals surface area contributed by atoms with Crippen LogP contribution < -0.4 is 10.1 Å². The number of methoxy groups -OCH3 is 1. The normalized spacial score (nSPS) is 15.6. The third-order valence-electron chi connectivity index (χ3n) is 3.23. The Balaban J connectivity index is 2.06. The smallest absolute Gasteiger partial charge is 0.260 e. The molecule has 1 aliphatic carbocycles. The fraction of sp³-hybridized carbons (Fsp3) is 0.467. The summed E-state index contributed by atoms with van der Waals surface area (Å²) in [7, 11) is 1.66. The zero-order valence-corrected chi connectivity index (χ0v) is 11.9. The predicted octanol–water partition coefficient (Wildman–Crippen LogP) is 1.89. The molecule has 20 heavy (non-hydrogen) atoms. The largest absolute Gasteiger partial charge is 0.497 e. The number of likely N-dealkylation sites (N-methyl/N-ethyl adjacent to an activating group) is 1. The number of rotatable bonds is 5. The second kappa shape index (κ2) is 6.93. The fourth-order valence-electron chi connectivity index (χ4n) is 2.28. The van der Waals surface area contributed by atoms with E-state index >= 15 is 0 Å². The molecule has 1 aromatic carbocycles. The highest BCUT2D eigenvalue weighted by Crippen LogP contribution is 2.25. The first kappa shape index (κ1) is 14.4. The maximum Gasteiger partial charge on any atom is 0.260 e. The van der Waals surface area contributed by atoms with Crippen LogP contribution in [-0.2, 0) is 16.1 Å². The molecule has 0 bridgehead atoms. The lowest BCUT2D eigenvalue weighted by Crippen LogP contribution is -2.26. The topological polar surface area (TPSA) is 59.9 Å². The van der Waals surface area contributed by atoms with Crippen molar-refractivity contribution in [3.8, 4) is 5.75 Å². The minimum absolute atomic E-state index is 0.0389. The highest BCUT2D eigenvalue weighted by Gasteiger charge is 2.16. The van der Waals surface area contributed by atoms with E-state index in [0.29, 0.717) is 6.54 Å². The van der Waals surface area contributed by atoms with Crippen molar-refractivity contribution in [3.63, 3.8) is 0 Å². The first-order chi connectivity index (χ1) is 9.74. The van der Waals surface area contributed by atoms with Gasteiger partial charge in [0.25, 0.3) is 5.91 Å². The molecule has 2 rings (SSSR count). The Bertz CT molecular complexity index is 512. The third-order valence-corrected chi connectivity index (χ3v) is 3.23. The second-order valence-corrected chi connectivity index (χ2v) is 4.64. The maximum absolute atomic E-state index is 11.3. The van der Waals surface area contributed by atoms with E-state index in [-0.39, 0.29) is 12.5 Å². The number of carbonyl (C=O) groups excluding carboxylic acids is 1. The first-order valence-corrected chi connectivity index (χ1v) is 6.87. The molecule has 0 aromatic heterocycles. The minimum atomic E-state index is -0.150. The fourth-order valence-corrected chi connectivity index (χ4v) is 2.28. The van der Waals surface area contributed by atoms with Gasteiger partial charge in [0.15, 0.2) is 6.61 Å². The molecule has 0 saturated carbocycles. The quantitative estimate of drug-likeness (QED) is 0.835. The molecule has 1 aromatic rings. The highest BCUT2D eigenvalue weighted by atomic mass is 16.6. The van der Waals surface area contributed by atoms with Crippen molar-refractivity contribution in [2.45, 2.75) is 26.2 Å². The molecule has 0 heterocycles. The summed E-state index contributed by atoms with van der Waals surface area (Å²) in [5, 5.41) is 6.79. The number of hydrogen-bond acceptors (Lipinski definition) is 4. The van der Waals surface area contributed by atoms with Crippen molar-refractivity contribution >= 4 is 11.6 Å². The van der Waals surface area contributed by atoms with E-state index in [1.165, 1.54) is 5.56 Å². The Morgan fingerprint density at radius 1 is 1.40 bits per heavy atom. The lowest BCUT2D eigenvalue weighted by molar-refractivity contribution is -0.125. The number of nitrogens with zero attached hydrogens (tertiary/aromatic N) is 1. The number of oxime groups is 1. The van der Waals surface area contributed by atoms with Gasteiger partial charge < -0.3 is 14.9 Å². The van der Waals surface area contributed by atoms with Gasteiger partial charge >= 0.3 is 0 Å². The number of carbonyl (C=O) groups is 1. The van der Waals surface area contributed by atoms with Crippen LogP contribution in [0.15, 0.2) is 23.4 Å². The molecule has 0 radical (unpaired) electrons. The van der Waals surface area contributed by atoms with Gasteiger partial charge in [-0.3, -0.25) is 4.79 Å². The monoisotopic (exact) mass is 276 g/mol. The standard InChI is InChI=1S/C15H20N2O3/c1-3-16-15(18)10-20-17-14-6-4-5-11-9-12(19-2)7-8-13(11)14/h7-9H,3-6,10H2,1-2H3,(H,16,18)/b17-14-. The number of hydrogen-bond donors (Lipinski definition) is 1. The van der Waals surface area contributed by atoms with Crippen LogP contribution in [0.25, 0.3) is 0 Å². The summed E-state index contributed by atoms with van der Waals surface area (Å²) in [6.07, 6.45) is 2.92. The van der Waals surface area contributed by atoms with Crippen molar-refractivity contribution in [3.05, 3.63) is 29.3 Å². The Morgan fingerprint density at radius 3 is 3.00 bits per heavy atom. The van der Waals surface area contributed by atoms with E-state index in [1.54, 1.807) is 7.11 Å². The zero-order chi connectivity index (χ0) is 14.4. The molecule has 0 spiro atoms. The molecule has 5 nitrogen and oxygen atoms in total. The van der Waals surface area contributed by atoms with Crippen LogP contribution in [-0.4, -0.2) is 31.9 Å². The third kappa shape index (κ3) is 3.50. The number of fused-ring (bicyclic) bond motifs is 1. The van der Waals surface area contributed by atoms with Gasteiger partial charge in [0, 0.05) is 12.1 Å². The summed E-state index contributed by atoms with van der Waals surface area (Å²) in [6.45, 7) is 2.43. The predicted molar refractivity (Wildman–Crippen MR) is 77.1 cm³/mol. The molecule has 0 saturated heterocycles. The molecule has 0 unspecified atom stereocenters. The summed E-state index contributed by atoms with van der Waals surface area (Å²) in [5.74, 6) is 0.704. The summed E-state index contributed by atoms with van der Waals surface area (Å²) >= 11 is 0. The molecular formula is C15H20N2O3. The average molecular weight is 276 g/mol. The van der Waals surface area contributed by atoms with Gasteiger partial charge in [-0.1, -0.05) is 5.16 Å². The Morgan fingerprint density at radius 2 is 2.25 bits per heavy atom. The second-order valence-electron chi connectivity index (χ2n) is 4.64. The molecular weight excluding hydrogens is 256 g/mol. The van der Waals surface area contributed by atoms with Gasteiger partial charge in [-0.2, -0.15) is 0 Å². The summed E-state index contributed by atoms with van der Waals surface area (Å²) in [5.41, 5.74) is 3.21. The zero-order valence-electron chi connectivity index (χ0n) is 11.9. The molecule has 0 atom stereocenters. The van der Waals surface area contributed by atoms with E-state index in [1.807, 2.05) is 25.1 Å². The molecule has 0 aliphatic heterocycles. The van der Waals surface area contributed by atoms with Gasteiger partial charge in [0.2, 0.25) is 0 Å². The van der Waals surface area contributed by atoms with Crippen LogP contribution in [0.5, 0.6) is 5.75 Å². The van der Waals surface area contributed by atoms with Gasteiger partial charge in [-0.15, -0.1) is 0 Å². The Kier molecular flexibility index (Phi) is 4.98. The van der Waals surface area contributed by atoms with Crippen LogP contribution >= 0.6 is 0 Å². The summed E-state index contributed by atoms with van der Waals surface area (Å²) in [6, 6.07) is 5.96. The van der Waals surface area contributed by atoms with Crippen molar-refractivity contribution in [1.29, 1.82) is 0 Å². The molecule has 1 N–H and O–H groups in total. The van der Waals surface area contributed by atoms with Gasteiger partial charge in [-0.05, 0) is 49.9 Å². The summed E-state index contributed by atoms with van der Waals surface area (Å²) < 4.78 is 5.23. The van der Waals surface area contributed by atoms with Crippen molar-refractivity contribution < 1.29 is 14.4 Å². The van der Waals surface area contributed by atoms with E-state index < -0.39 is 0 Å². The van der Waals surface area contributed by atoms with Crippen LogP contribution in [0.3, 0.4) is 0 Å². The SMILES string of the molecule is CCNC(=O)CO/N=C1/CCCc2cc(OC)ccc21. The van der Waals surface area contributed by atoms with Crippen LogP contribution in [0.1, 0.15) is 30.9 Å². The first-order valence-electron chi connectivity index (χ1n) is 6.87. The van der Waals surface area contributed by atoms with Crippen LogP contribution in [0.4, 0.5) is 0 Å². The van der Waals surface area contributed by atoms with Gasteiger partial charge in [0.1, 0.15) is 5.75 Å². The van der Waals surface area contributed by atoms with E-state index in [9.17, 15) is 4.79 Å². The molecule has 1 amide bonds. The van der Waals surface area contributed by atoms with E-state index in [4.69, 9.17) is 9.57 Å². The lowest BCUT2D eigenvalue weighted by atomic mass is 9.90. The van der Waals surface area contributed by atoms with E-state index in [0.717, 1.165) is 36.3 Å². The number of ether oxygens (including phenoxy) is 1. The minimum Gasteiger partial charge on any atom is -0.497 e. The van der Waals surface area contributed by atoms with Crippen molar-refractivity contribution in [2.24, 2.45) is 5.16 Å². The van der Waals surface area contributed by atoms with Crippen molar-refractivity contribution in [1.82, 2.24) is 5.32 Å². The van der Waals surface area contributed by atoms with Gasteiger partial charge in [-0.25, -0.2) is 0 Å². The summed E-state index contributed by atoms with van der Waals surface area (Å²) in [4.78, 5) is 16.4. The number of amides is 1.